The molecule has 0 spiro atoms. The average Bonchev–Trinajstić information content (AvgIpc) is 2.17. The number of hydrogen-bond acceptors (Lipinski definition) is 3. The van der Waals surface area contributed by atoms with Crippen molar-refractivity contribution in [3.8, 4) is 0 Å². The maximum Gasteiger partial charge on any atom is 0.304 e. The normalized spacial score (nSPS) is 23.6. The summed E-state index contributed by atoms with van der Waals surface area (Å²) in [4.78, 5) is 12.7. The lowest BCUT2D eigenvalue weighted by molar-refractivity contribution is -0.137. The highest BCUT2D eigenvalue weighted by Gasteiger charge is 2.22. The zero-order chi connectivity index (χ0) is 10.4. The quantitative estimate of drug-likeness (QED) is 0.720. The van der Waals surface area contributed by atoms with Crippen molar-refractivity contribution in [2.45, 2.75) is 31.7 Å². The molecular formula is C10H19NO3. The third-order valence-corrected chi connectivity index (χ3v) is 2.72. The van der Waals surface area contributed by atoms with E-state index in [1.807, 2.05) is 0 Å². The number of aliphatic carboxylic acids is 1. The molecule has 14 heavy (non-hydrogen) atoms. The highest BCUT2D eigenvalue weighted by atomic mass is 16.5. The molecule has 1 saturated heterocycles. The molecule has 0 amide bonds. The first kappa shape index (κ1) is 11.5. The standard InChI is InChI=1S/C10H19NO3/c1-14-8-9-4-2-3-6-11(9)7-5-10(12)13/h9H,2-8H2,1H3,(H,12,13). The Bertz CT molecular complexity index is 182. The Morgan fingerprint density at radius 1 is 1.57 bits per heavy atom. The fourth-order valence-electron chi connectivity index (χ4n) is 1.97. The van der Waals surface area contributed by atoms with Gasteiger partial charge >= 0.3 is 5.97 Å². The van der Waals surface area contributed by atoms with Crippen molar-refractivity contribution >= 4 is 5.97 Å². The topological polar surface area (TPSA) is 49.8 Å². The summed E-state index contributed by atoms with van der Waals surface area (Å²) in [6.07, 6.45) is 3.78. The van der Waals surface area contributed by atoms with Gasteiger partial charge in [-0.25, -0.2) is 0 Å². The second kappa shape index (κ2) is 5.98. The van der Waals surface area contributed by atoms with Crippen LogP contribution in [0.1, 0.15) is 25.7 Å². The van der Waals surface area contributed by atoms with E-state index >= 15 is 0 Å². The first-order valence-corrected chi connectivity index (χ1v) is 5.19. The molecule has 0 aromatic carbocycles. The minimum absolute atomic E-state index is 0.236. The summed E-state index contributed by atoms with van der Waals surface area (Å²) in [5.41, 5.74) is 0. The van der Waals surface area contributed by atoms with Crippen molar-refractivity contribution in [2.75, 3.05) is 26.8 Å². The molecule has 1 heterocycles. The first-order chi connectivity index (χ1) is 6.74. The van der Waals surface area contributed by atoms with Crippen LogP contribution >= 0.6 is 0 Å². The molecule has 0 aromatic rings. The Morgan fingerprint density at radius 2 is 2.36 bits per heavy atom. The lowest BCUT2D eigenvalue weighted by Crippen LogP contribution is -2.43. The first-order valence-electron chi connectivity index (χ1n) is 5.19. The van der Waals surface area contributed by atoms with E-state index in [0.717, 1.165) is 19.6 Å². The van der Waals surface area contributed by atoms with E-state index in [1.165, 1.54) is 12.8 Å². The van der Waals surface area contributed by atoms with E-state index in [9.17, 15) is 4.79 Å². The van der Waals surface area contributed by atoms with Gasteiger partial charge in [0, 0.05) is 19.7 Å². The van der Waals surface area contributed by atoms with Crippen LogP contribution in [0.2, 0.25) is 0 Å². The molecule has 1 aliphatic rings. The van der Waals surface area contributed by atoms with Crippen LogP contribution in [-0.4, -0.2) is 48.8 Å². The van der Waals surface area contributed by atoms with Crippen LogP contribution in [-0.2, 0) is 9.53 Å². The smallest absolute Gasteiger partial charge is 0.304 e. The molecule has 1 atom stereocenters. The third-order valence-electron chi connectivity index (χ3n) is 2.72. The summed E-state index contributed by atoms with van der Waals surface area (Å²) in [6.45, 7) is 2.39. The van der Waals surface area contributed by atoms with Gasteiger partial charge in [0.05, 0.1) is 13.0 Å². The molecule has 1 unspecified atom stereocenters. The summed E-state index contributed by atoms with van der Waals surface area (Å²) in [6, 6.07) is 0.424. The Balaban J connectivity index is 2.33. The van der Waals surface area contributed by atoms with Crippen LogP contribution in [0.3, 0.4) is 0 Å². The van der Waals surface area contributed by atoms with Crippen LogP contribution in [0.25, 0.3) is 0 Å². The van der Waals surface area contributed by atoms with Crippen molar-refractivity contribution in [3.05, 3.63) is 0 Å². The molecule has 1 rings (SSSR count). The van der Waals surface area contributed by atoms with Crippen molar-refractivity contribution < 1.29 is 14.6 Å². The average molecular weight is 201 g/mol. The molecule has 0 bridgehead atoms. The summed E-state index contributed by atoms with van der Waals surface area (Å²) in [7, 11) is 1.70. The van der Waals surface area contributed by atoms with Crippen LogP contribution in [0.5, 0.6) is 0 Å². The van der Waals surface area contributed by atoms with E-state index in [-0.39, 0.29) is 6.42 Å². The Morgan fingerprint density at radius 3 is 3.00 bits per heavy atom. The minimum atomic E-state index is -0.716. The second-order valence-corrected chi connectivity index (χ2v) is 3.78. The Hall–Kier alpha value is -0.610. The summed E-state index contributed by atoms with van der Waals surface area (Å²) in [5.74, 6) is -0.716. The van der Waals surface area contributed by atoms with Crippen molar-refractivity contribution in [1.29, 1.82) is 0 Å². The predicted octanol–water partition coefficient (Wildman–Crippen LogP) is 0.962. The number of piperidine rings is 1. The number of rotatable bonds is 5. The lowest BCUT2D eigenvalue weighted by atomic mass is 10.0. The molecule has 82 valence electrons. The second-order valence-electron chi connectivity index (χ2n) is 3.78. The Kier molecular flexibility index (Phi) is 4.90. The zero-order valence-corrected chi connectivity index (χ0v) is 8.74. The number of nitrogens with zero attached hydrogens (tertiary/aromatic N) is 1. The van der Waals surface area contributed by atoms with E-state index < -0.39 is 5.97 Å². The van der Waals surface area contributed by atoms with Crippen LogP contribution in [0.15, 0.2) is 0 Å². The number of ether oxygens (including phenoxy) is 1. The number of hydrogen-bond donors (Lipinski definition) is 1. The SMILES string of the molecule is COCC1CCCCN1CCC(=O)O. The van der Waals surface area contributed by atoms with E-state index in [4.69, 9.17) is 9.84 Å². The highest BCUT2D eigenvalue weighted by molar-refractivity contribution is 5.66. The zero-order valence-electron chi connectivity index (χ0n) is 8.74. The van der Waals surface area contributed by atoms with Crippen molar-refractivity contribution in [2.24, 2.45) is 0 Å². The molecule has 1 N–H and O–H groups in total. The molecule has 1 fully saturated rings. The number of carbonyl (C=O) groups is 1. The minimum Gasteiger partial charge on any atom is -0.481 e. The van der Waals surface area contributed by atoms with Gasteiger partial charge in [-0.1, -0.05) is 6.42 Å². The van der Waals surface area contributed by atoms with E-state index in [0.29, 0.717) is 12.6 Å². The maximum absolute atomic E-state index is 10.4. The summed E-state index contributed by atoms with van der Waals surface area (Å²) >= 11 is 0. The van der Waals surface area contributed by atoms with Gasteiger partial charge in [-0.05, 0) is 19.4 Å². The molecule has 0 aliphatic carbocycles. The van der Waals surface area contributed by atoms with Crippen LogP contribution in [0.4, 0.5) is 0 Å². The fraction of sp³-hybridized carbons (Fsp3) is 0.900. The molecule has 0 aromatic heterocycles. The van der Waals surface area contributed by atoms with Gasteiger partial charge < -0.3 is 9.84 Å². The van der Waals surface area contributed by atoms with Gasteiger partial charge in [0.15, 0.2) is 0 Å². The fourth-order valence-corrected chi connectivity index (χ4v) is 1.97. The van der Waals surface area contributed by atoms with Gasteiger partial charge in [-0.2, -0.15) is 0 Å². The summed E-state index contributed by atoms with van der Waals surface area (Å²) in [5, 5.41) is 8.60. The van der Waals surface area contributed by atoms with Crippen LogP contribution in [0, 0.1) is 0 Å². The monoisotopic (exact) mass is 201 g/mol. The molecule has 4 heteroatoms. The Labute approximate surface area is 84.8 Å². The van der Waals surface area contributed by atoms with E-state index in [1.54, 1.807) is 7.11 Å². The molecular weight excluding hydrogens is 182 g/mol. The molecule has 1 aliphatic heterocycles. The van der Waals surface area contributed by atoms with Gasteiger partial charge in [-0.15, -0.1) is 0 Å². The maximum atomic E-state index is 10.4. The highest BCUT2D eigenvalue weighted by Crippen LogP contribution is 2.17. The van der Waals surface area contributed by atoms with Crippen LogP contribution < -0.4 is 0 Å². The molecule has 0 saturated carbocycles. The van der Waals surface area contributed by atoms with Gasteiger partial charge in [-0.3, -0.25) is 9.69 Å². The van der Waals surface area contributed by atoms with Gasteiger partial charge in [0.2, 0.25) is 0 Å². The summed E-state index contributed by atoms with van der Waals surface area (Å²) < 4.78 is 5.13. The molecule has 0 radical (unpaired) electrons. The number of carboxylic acid groups (broad SMARTS) is 1. The van der Waals surface area contributed by atoms with Gasteiger partial charge in [0.1, 0.15) is 0 Å². The largest absolute Gasteiger partial charge is 0.481 e. The van der Waals surface area contributed by atoms with Crippen molar-refractivity contribution in [3.63, 3.8) is 0 Å². The van der Waals surface area contributed by atoms with Crippen molar-refractivity contribution in [1.82, 2.24) is 4.90 Å². The predicted molar refractivity (Wildman–Crippen MR) is 53.3 cm³/mol. The number of methoxy groups -OCH3 is 1. The lowest BCUT2D eigenvalue weighted by Gasteiger charge is -2.34. The number of likely N-dealkylation sites (tertiary alicyclic amines) is 1. The van der Waals surface area contributed by atoms with Gasteiger partial charge in [0.25, 0.3) is 0 Å². The number of carboxylic acids is 1. The molecule has 4 nitrogen and oxygen atoms in total. The third kappa shape index (κ3) is 3.64. The van der Waals surface area contributed by atoms with E-state index in [2.05, 4.69) is 4.90 Å².